The molecule has 0 aromatic carbocycles. The number of carbonyl (C=O) groups is 1. The summed E-state index contributed by atoms with van der Waals surface area (Å²) in [5.74, 6) is -0.256. The van der Waals surface area contributed by atoms with Gasteiger partial charge in [0.2, 0.25) is 5.91 Å². The first-order valence-electron chi connectivity index (χ1n) is 6.87. The molecule has 1 fully saturated rings. The van der Waals surface area contributed by atoms with Crippen LogP contribution in [0.3, 0.4) is 0 Å². The molecule has 19 heavy (non-hydrogen) atoms. The summed E-state index contributed by atoms with van der Waals surface area (Å²) in [5, 5.41) is 0. The van der Waals surface area contributed by atoms with Crippen LogP contribution < -0.4 is 16.4 Å². The lowest BCUT2D eigenvalue weighted by Crippen LogP contribution is -2.41. The zero-order valence-electron chi connectivity index (χ0n) is 11.4. The summed E-state index contributed by atoms with van der Waals surface area (Å²) >= 11 is 0. The first kappa shape index (κ1) is 13.8. The number of hydrogen-bond donors (Lipinski definition) is 2. The Morgan fingerprint density at radius 2 is 2.37 bits per heavy atom. The van der Waals surface area contributed by atoms with Gasteiger partial charge in [0.15, 0.2) is 0 Å². The lowest BCUT2D eigenvalue weighted by molar-refractivity contribution is -0.122. The SMILES string of the molecule is CC[C@H](N)c1ccc(N2CCCC(C(N)=O)C2)cn1. The van der Waals surface area contributed by atoms with Crippen LogP contribution in [0.5, 0.6) is 0 Å². The molecule has 1 aliphatic heterocycles. The Labute approximate surface area is 114 Å². The molecular weight excluding hydrogens is 240 g/mol. The molecule has 104 valence electrons. The highest BCUT2D eigenvalue weighted by molar-refractivity contribution is 5.77. The molecule has 2 heterocycles. The van der Waals surface area contributed by atoms with Crippen molar-refractivity contribution in [3.05, 3.63) is 24.0 Å². The zero-order chi connectivity index (χ0) is 13.8. The number of primary amides is 1. The van der Waals surface area contributed by atoms with E-state index in [4.69, 9.17) is 11.5 Å². The van der Waals surface area contributed by atoms with Gasteiger partial charge in [-0.25, -0.2) is 0 Å². The van der Waals surface area contributed by atoms with Crippen LogP contribution in [0.4, 0.5) is 5.69 Å². The Kier molecular flexibility index (Phi) is 4.37. The van der Waals surface area contributed by atoms with Gasteiger partial charge in [-0.2, -0.15) is 0 Å². The van der Waals surface area contributed by atoms with Crippen molar-refractivity contribution in [3.8, 4) is 0 Å². The van der Waals surface area contributed by atoms with E-state index in [0.29, 0.717) is 6.54 Å². The van der Waals surface area contributed by atoms with Crippen LogP contribution in [0.1, 0.15) is 37.9 Å². The van der Waals surface area contributed by atoms with E-state index in [1.807, 2.05) is 25.3 Å². The van der Waals surface area contributed by atoms with Crippen LogP contribution in [0.25, 0.3) is 0 Å². The van der Waals surface area contributed by atoms with Crippen LogP contribution in [0, 0.1) is 5.92 Å². The number of carbonyl (C=O) groups excluding carboxylic acids is 1. The molecule has 0 radical (unpaired) electrons. The van der Waals surface area contributed by atoms with Crippen molar-refractivity contribution in [2.24, 2.45) is 17.4 Å². The molecule has 1 amide bonds. The van der Waals surface area contributed by atoms with E-state index in [9.17, 15) is 4.79 Å². The predicted octanol–water partition coefficient (Wildman–Crippen LogP) is 1.19. The van der Waals surface area contributed by atoms with Crippen molar-refractivity contribution >= 4 is 11.6 Å². The molecule has 0 bridgehead atoms. The normalized spacial score (nSPS) is 21.2. The summed E-state index contributed by atoms with van der Waals surface area (Å²) < 4.78 is 0. The first-order valence-corrected chi connectivity index (χ1v) is 6.87. The van der Waals surface area contributed by atoms with Gasteiger partial charge in [-0.15, -0.1) is 0 Å². The molecule has 5 heteroatoms. The molecule has 1 unspecified atom stereocenters. The predicted molar refractivity (Wildman–Crippen MR) is 75.6 cm³/mol. The van der Waals surface area contributed by atoms with Crippen molar-refractivity contribution in [2.75, 3.05) is 18.0 Å². The topological polar surface area (TPSA) is 85.2 Å². The number of aromatic nitrogens is 1. The van der Waals surface area contributed by atoms with Gasteiger partial charge in [-0.05, 0) is 31.4 Å². The number of piperidine rings is 1. The first-order chi connectivity index (χ1) is 9.11. The molecule has 0 saturated carbocycles. The fraction of sp³-hybridized carbons (Fsp3) is 0.571. The minimum absolute atomic E-state index is 0.00576. The summed E-state index contributed by atoms with van der Waals surface area (Å²) in [4.78, 5) is 17.9. The Morgan fingerprint density at radius 1 is 1.58 bits per heavy atom. The van der Waals surface area contributed by atoms with Crippen molar-refractivity contribution < 1.29 is 4.79 Å². The third-order valence-electron chi connectivity index (χ3n) is 3.78. The molecule has 0 spiro atoms. The maximum Gasteiger partial charge on any atom is 0.222 e. The van der Waals surface area contributed by atoms with E-state index >= 15 is 0 Å². The largest absolute Gasteiger partial charge is 0.369 e. The van der Waals surface area contributed by atoms with Gasteiger partial charge in [-0.3, -0.25) is 9.78 Å². The summed E-state index contributed by atoms with van der Waals surface area (Å²) in [7, 11) is 0. The lowest BCUT2D eigenvalue weighted by atomic mass is 9.97. The average molecular weight is 262 g/mol. The van der Waals surface area contributed by atoms with Gasteiger partial charge in [0, 0.05) is 19.1 Å². The van der Waals surface area contributed by atoms with Gasteiger partial charge < -0.3 is 16.4 Å². The smallest absolute Gasteiger partial charge is 0.222 e. The van der Waals surface area contributed by atoms with Crippen LogP contribution >= 0.6 is 0 Å². The maximum absolute atomic E-state index is 11.3. The zero-order valence-corrected chi connectivity index (χ0v) is 11.4. The van der Waals surface area contributed by atoms with Gasteiger partial charge in [-0.1, -0.05) is 6.92 Å². The second-order valence-corrected chi connectivity index (χ2v) is 5.14. The number of nitrogens with two attached hydrogens (primary N) is 2. The van der Waals surface area contributed by atoms with Gasteiger partial charge in [0.25, 0.3) is 0 Å². The Morgan fingerprint density at radius 3 is 2.95 bits per heavy atom. The molecule has 1 aromatic rings. The monoisotopic (exact) mass is 262 g/mol. The highest BCUT2D eigenvalue weighted by Crippen LogP contribution is 2.23. The van der Waals surface area contributed by atoms with E-state index in [1.54, 1.807) is 0 Å². The fourth-order valence-corrected chi connectivity index (χ4v) is 2.46. The third-order valence-corrected chi connectivity index (χ3v) is 3.78. The van der Waals surface area contributed by atoms with E-state index in [2.05, 4.69) is 9.88 Å². The molecule has 5 nitrogen and oxygen atoms in total. The van der Waals surface area contributed by atoms with E-state index in [-0.39, 0.29) is 17.9 Å². The minimum atomic E-state index is -0.206. The van der Waals surface area contributed by atoms with Crippen LogP contribution in [0.2, 0.25) is 0 Å². The van der Waals surface area contributed by atoms with E-state index < -0.39 is 0 Å². The molecule has 1 saturated heterocycles. The Balaban J connectivity index is 2.07. The molecule has 4 N–H and O–H groups in total. The number of anilines is 1. The highest BCUT2D eigenvalue weighted by Gasteiger charge is 2.24. The van der Waals surface area contributed by atoms with Crippen molar-refractivity contribution in [1.82, 2.24) is 4.98 Å². The number of nitrogens with zero attached hydrogens (tertiary/aromatic N) is 2. The van der Waals surface area contributed by atoms with Crippen molar-refractivity contribution in [1.29, 1.82) is 0 Å². The van der Waals surface area contributed by atoms with Gasteiger partial charge in [0.1, 0.15) is 0 Å². The molecule has 0 aliphatic carbocycles. The Bertz CT molecular complexity index is 432. The second-order valence-electron chi connectivity index (χ2n) is 5.14. The number of pyridine rings is 1. The summed E-state index contributed by atoms with van der Waals surface area (Å²) in [5.41, 5.74) is 13.3. The Hall–Kier alpha value is -1.62. The van der Waals surface area contributed by atoms with Gasteiger partial charge in [0.05, 0.1) is 23.5 Å². The van der Waals surface area contributed by atoms with Crippen molar-refractivity contribution in [3.63, 3.8) is 0 Å². The lowest BCUT2D eigenvalue weighted by Gasteiger charge is -2.32. The summed E-state index contributed by atoms with van der Waals surface area (Å²) in [6.45, 7) is 3.68. The third kappa shape index (κ3) is 3.23. The molecular formula is C14H22N4O. The maximum atomic E-state index is 11.3. The number of amides is 1. The quantitative estimate of drug-likeness (QED) is 0.853. The van der Waals surface area contributed by atoms with Crippen LogP contribution in [0.15, 0.2) is 18.3 Å². The van der Waals surface area contributed by atoms with Crippen molar-refractivity contribution in [2.45, 2.75) is 32.2 Å². The van der Waals surface area contributed by atoms with E-state index in [0.717, 1.165) is 37.2 Å². The van der Waals surface area contributed by atoms with Crippen LogP contribution in [-0.2, 0) is 4.79 Å². The molecule has 2 rings (SSSR count). The fourth-order valence-electron chi connectivity index (χ4n) is 2.46. The second kappa shape index (κ2) is 6.02. The van der Waals surface area contributed by atoms with Crippen LogP contribution in [-0.4, -0.2) is 24.0 Å². The number of rotatable bonds is 4. The molecule has 2 atom stereocenters. The summed E-state index contributed by atoms with van der Waals surface area (Å²) in [6, 6.07) is 3.99. The minimum Gasteiger partial charge on any atom is -0.369 e. The highest BCUT2D eigenvalue weighted by atomic mass is 16.1. The van der Waals surface area contributed by atoms with E-state index in [1.165, 1.54) is 0 Å². The molecule has 1 aliphatic rings. The number of hydrogen-bond acceptors (Lipinski definition) is 4. The van der Waals surface area contributed by atoms with Gasteiger partial charge >= 0.3 is 0 Å². The average Bonchev–Trinajstić information content (AvgIpc) is 2.46. The molecule has 1 aromatic heterocycles. The summed E-state index contributed by atoms with van der Waals surface area (Å²) in [6.07, 6.45) is 4.59. The standard InChI is InChI=1S/C14H22N4O/c1-2-12(15)13-6-5-11(8-17-13)18-7-3-4-10(9-18)14(16)19/h5-6,8,10,12H,2-4,7,9,15H2,1H3,(H2,16,19)/t10?,12-/m0/s1.